The van der Waals surface area contributed by atoms with Crippen molar-refractivity contribution in [2.24, 2.45) is 0 Å². The molecule has 0 aliphatic carbocycles. The lowest BCUT2D eigenvalue weighted by Crippen LogP contribution is -2.44. The number of ether oxygens (including phenoxy) is 2. The Hall–Kier alpha value is -1.94. The van der Waals surface area contributed by atoms with E-state index in [4.69, 9.17) is 25.5 Å². The SMILES string of the molecule is COC(CNC(=O)CCN1CCC[C@@H](Nc2nc3nc(Cl)ccc3o2)C1)OC. The zero-order valence-corrected chi connectivity index (χ0v) is 16.9. The largest absolute Gasteiger partial charge is 0.422 e. The monoisotopic (exact) mass is 411 g/mol. The first-order chi connectivity index (χ1) is 13.6. The van der Waals surface area contributed by atoms with Gasteiger partial charge in [0.1, 0.15) is 5.15 Å². The molecule has 154 valence electrons. The highest BCUT2D eigenvalue weighted by Crippen LogP contribution is 2.21. The molecule has 10 heteroatoms. The molecule has 0 unspecified atom stereocenters. The number of methoxy groups -OCH3 is 2. The number of hydrogen-bond donors (Lipinski definition) is 2. The smallest absolute Gasteiger partial charge is 0.297 e. The average Bonchev–Trinajstić information content (AvgIpc) is 3.08. The first-order valence-electron chi connectivity index (χ1n) is 9.31. The minimum atomic E-state index is -0.423. The predicted molar refractivity (Wildman–Crippen MR) is 105 cm³/mol. The fourth-order valence-electron chi connectivity index (χ4n) is 3.22. The molecule has 2 aromatic heterocycles. The van der Waals surface area contributed by atoms with Gasteiger partial charge in [0.25, 0.3) is 6.01 Å². The summed E-state index contributed by atoms with van der Waals surface area (Å²) >= 11 is 5.89. The Morgan fingerprint density at radius 3 is 3.00 bits per heavy atom. The molecule has 9 nitrogen and oxygen atoms in total. The van der Waals surface area contributed by atoms with Crippen LogP contribution in [0.3, 0.4) is 0 Å². The fourth-order valence-corrected chi connectivity index (χ4v) is 3.36. The van der Waals surface area contributed by atoms with Crippen molar-refractivity contribution in [2.75, 3.05) is 45.7 Å². The Morgan fingerprint density at radius 1 is 1.39 bits per heavy atom. The third-order valence-corrected chi connectivity index (χ3v) is 4.91. The van der Waals surface area contributed by atoms with Crippen molar-refractivity contribution in [3.8, 4) is 0 Å². The van der Waals surface area contributed by atoms with Crippen LogP contribution < -0.4 is 10.6 Å². The number of likely N-dealkylation sites (tertiary alicyclic amines) is 1. The van der Waals surface area contributed by atoms with E-state index in [0.29, 0.717) is 41.9 Å². The van der Waals surface area contributed by atoms with Crippen LogP contribution in [0.2, 0.25) is 5.15 Å². The standard InChI is InChI=1S/C18H26ClN5O4/c1-26-16(27-2)10-20-15(25)7-9-24-8-3-4-12(11-24)21-18-23-17-13(28-18)5-6-14(19)22-17/h5-6,12,16H,3-4,7-11H2,1-2H3,(H,20,25)(H,21,22,23)/t12-/m1/s1. The summed E-state index contributed by atoms with van der Waals surface area (Å²) in [5.74, 6) is -0.0175. The zero-order valence-electron chi connectivity index (χ0n) is 16.1. The van der Waals surface area contributed by atoms with Gasteiger partial charge < -0.3 is 29.4 Å². The summed E-state index contributed by atoms with van der Waals surface area (Å²) in [5.41, 5.74) is 1.09. The normalized spacial score (nSPS) is 17.9. The summed E-state index contributed by atoms with van der Waals surface area (Å²) in [6, 6.07) is 4.08. The van der Waals surface area contributed by atoms with Gasteiger partial charge in [0.05, 0.1) is 6.54 Å². The number of anilines is 1. The molecule has 0 saturated carbocycles. The first-order valence-corrected chi connectivity index (χ1v) is 9.69. The van der Waals surface area contributed by atoms with Gasteiger partial charge in [0.15, 0.2) is 11.9 Å². The Labute approximate surface area is 168 Å². The molecule has 1 aliphatic heterocycles. The first kappa shape index (κ1) is 20.8. The van der Waals surface area contributed by atoms with Gasteiger partial charge in [-0.15, -0.1) is 0 Å². The molecule has 1 amide bonds. The molecular weight excluding hydrogens is 386 g/mol. The number of rotatable bonds is 9. The Kier molecular flexibility index (Phi) is 7.43. The quantitative estimate of drug-likeness (QED) is 0.476. The topological polar surface area (TPSA) is 102 Å². The second kappa shape index (κ2) is 10.0. The molecule has 3 rings (SSSR count). The third kappa shape index (κ3) is 5.78. The van der Waals surface area contributed by atoms with E-state index in [9.17, 15) is 4.79 Å². The molecule has 3 heterocycles. The molecule has 2 aromatic rings. The minimum absolute atomic E-state index is 0.0175. The van der Waals surface area contributed by atoms with Crippen LogP contribution in [0.15, 0.2) is 16.5 Å². The lowest BCUT2D eigenvalue weighted by Gasteiger charge is -2.32. The van der Waals surface area contributed by atoms with Crippen molar-refractivity contribution in [3.63, 3.8) is 0 Å². The number of oxazole rings is 1. The molecule has 1 fully saturated rings. The number of amides is 1. The van der Waals surface area contributed by atoms with Crippen LogP contribution >= 0.6 is 11.6 Å². The summed E-state index contributed by atoms with van der Waals surface area (Å²) in [7, 11) is 3.09. The molecular formula is C18H26ClN5O4. The number of aromatic nitrogens is 2. The van der Waals surface area contributed by atoms with Gasteiger partial charge >= 0.3 is 0 Å². The van der Waals surface area contributed by atoms with E-state index in [1.807, 2.05) is 0 Å². The zero-order chi connectivity index (χ0) is 19.9. The summed E-state index contributed by atoms with van der Waals surface area (Å²) in [6.45, 7) is 2.82. The van der Waals surface area contributed by atoms with Crippen molar-refractivity contribution in [2.45, 2.75) is 31.6 Å². The van der Waals surface area contributed by atoms with E-state index in [2.05, 4.69) is 25.5 Å². The molecule has 0 spiro atoms. The second-order valence-electron chi connectivity index (χ2n) is 6.71. The number of nitrogens with one attached hydrogen (secondary N) is 2. The van der Waals surface area contributed by atoms with Crippen molar-refractivity contribution < 1.29 is 18.7 Å². The number of hydrogen-bond acceptors (Lipinski definition) is 8. The van der Waals surface area contributed by atoms with Crippen LogP contribution in [-0.2, 0) is 14.3 Å². The van der Waals surface area contributed by atoms with Crippen LogP contribution in [0.1, 0.15) is 19.3 Å². The van der Waals surface area contributed by atoms with Gasteiger partial charge in [-0.25, -0.2) is 4.98 Å². The Balaban J connectivity index is 1.45. The molecule has 1 saturated heterocycles. The maximum atomic E-state index is 12.0. The fraction of sp³-hybridized carbons (Fsp3) is 0.611. The van der Waals surface area contributed by atoms with Gasteiger partial charge in [-0.2, -0.15) is 4.98 Å². The predicted octanol–water partition coefficient (Wildman–Crippen LogP) is 1.88. The average molecular weight is 412 g/mol. The number of piperidine rings is 1. The number of nitrogens with zero attached hydrogens (tertiary/aromatic N) is 3. The van der Waals surface area contributed by atoms with Crippen molar-refractivity contribution >= 4 is 34.8 Å². The summed E-state index contributed by atoms with van der Waals surface area (Å²) in [6.07, 6.45) is 2.06. The number of fused-ring (bicyclic) bond motifs is 1. The highest BCUT2D eigenvalue weighted by atomic mass is 35.5. The molecule has 1 atom stereocenters. The van der Waals surface area contributed by atoms with E-state index in [1.165, 1.54) is 0 Å². The van der Waals surface area contributed by atoms with E-state index >= 15 is 0 Å². The maximum Gasteiger partial charge on any atom is 0.297 e. The van der Waals surface area contributed by atoms with E-state index in [0.717, 1.165) is 25.9 Å². The van der Waals surface area contributed by atoms with Gasteiger partial charge in [-0.1, -0.05) is 11.6 Å². The molecule has 0 aromatic carbocycles. The number of halogens is 1. The van der Waals surface area contributed by atoms with Gasteiger partial charge in [-0.3, -0.25) is 4.79 Å². The molecule has 1 aliphatic rings. The summed E-state index contributed by atoms with van der Waals surface area (Å²) in [4.78, 5) is 22.8. The van der Waals surface area contributed by atoms with E-state index < -0.39 is 6.29 Å². The minimum Gasteiger partial charge on any atom is -0.422 e. The Morgan fingerprint density at radius 2 is 2.21 bits per heavy atom. The highest BCUT2D eigenvalue weighted by Gasteiger charge is 2.22. The van der Waals surface area contributed by atoms with Gasteiger partial charge in [-0.05, 0) is 31.5 Å². The number of pyridine rings is 1. The second-order valence-corrected chi connectivity index (χ2v) is 7.10. The van der Waals surface area contributed by atoms with Crippen molar-refractivity contribution in [3.05, 3.63) is 17.3 Å². The Bertz CT molecular complexity index is 782. The van der Waals surface area contributed by atoms with Crippen LogP contribution in [0.4, 0.5) is 6.01 Å². The molecule has 0 bridgehead atoms. The van der Waals surface area contributed by atoms with Crippen molar-refractivity contribution in [1.29, 1.82) is 0 Å². The third-order valence-electron chi connectivity index (χ3n) is 4.70. The molecule has 28 heavy (non-hydrogen) atoms. The molecule has 0 radical (unpaired) electrons. The van der Waals surface area contributed by atoms with Crippen LogP contribution in [0.5, 0.6) is 0 Å². The van der Waals surface area contributed by atoms with E-state index in [-0.39, 0.29) is 11.9 Å². The molecule has 2 N–H and O–H groups in total. The van der Waals surface area contributed by atoms with Crippen LogP contribution in [-0.4, -0.2) is 73.5 Å². The van der Waals surface area contributed by atoms with Crippen LogP contribution in [0, 0.1) is 0 Å². The van der Waals surface area contributed by atoms with E-state index in [1.54, 1.807) is 26.4 Å². The van der Waals surface area contributed by atoms with Crippen molar-refractivity contribution in [1.82, 2.24) is 20.2 Å². The van der Waals surface area contributed by atoms with Crippen LogP contribution in [0.25, 0.3) is 11.2 Å². The number of carbonyl (C=O) groups excluding carboxylic acids is 1. The highest BCUT2D eigenvalue weighted by molar-refractivity contribution is 6.29. The number of carbonyl (C=O) groups is 1. The summed E-state index contributed by atoms with van der Waals surface area (Å²) in [5, 5.41) is 6.53. The lowest BCUT2D eigenvalue weighted by atomic mass is 10.1. The van der Waals surface area contributed by atoms with Gasteiger partial charge in [0, 0.05) is 39.8 Å². The lowest BCUT2D eigenvalue weighted by molar-refractivity contribution is -0.127. The summed E-state index contributed by atoms with van der Waals surface area (Å²) < 4.78 is 15.8. The maximum absolute atomic E-state index is 12.0. The van der Waals surface area contributed by atoms with Gasteiger partial charge in [0.2, 0.25) is 11.6 Å².